The number of amides is 1. The molecule has 8 heteroatoms. The van der Waals surface area contributed by atoms with Crippen LogP contribution in [0.5, 0.6) is 0 Å². The summed E-state index contributed by atoms with van der Waals surface area (Å²) in [4.78, 5) is 35.1. The molecule has 0 aliphatic carbocycles. The van der Waals surface area contributed by atoms with Gasteiger partial charge in [-0.2, -0.15) is 0 Å². The Balaban J connectivity index is 1.59. The maximum absolute atomic E-state index is 12.0. The topological polar surface area (TPSA) is 134 Å². The lowest BCUT2D eigenvalue weighted by molar-refractivity contribution is -0.138. The van der Waals surface area contributed by atoms with E-state index in [1.54, 1.807) is 12.3 Å². The predicted octanol–water partition coefficient (Wildman–Crippen LogP) is 1.38. The van der Waals surface area contributed by atoms with Crippen LogP contribution in [0.25, 0.3) is 22.8 Å². The zero-order chi connectivity index (χ0) is 19.7. The van der Waals surface area contributed by atoms with E-state index >= 15 is 0 Å². The number of hydrogen-bond donors (Lipinski definition) is 4. The summed E-state index contributed by atoms with van der Waals surface area (Å²) in [5, 5.41) is 11.7. The molecule has 0 fully saturated rings. The molecule has 4 rings (SSSR count). The lowest BCUT2D eigenvalue weighted by Crippen LogP contribution is -2.32. The summed E-state index contributed by atoms with van der Waals surface area (Å²) in [5.74, 6) is -0.556. The zero-order valence-corrected chi connectivity index (χ0v) is 15.0. The van der Waals surface area contributed by atoms with Crippen LogP contribution in [0.2, 0.25) is 0 Å². The second-order valence-corrected chi connectivity index (χ2v) is 6.69. The smallest absolute Gasteiger partial charge is 0.320 e. The van der Waals surface area contributed by atoms with Crippen molar-refractivity contribution in [2.75, 3.05) is 6.54 Å². The molecule has 1 aliphatic rings. The van der Waals surface area contributed by atoms with Crippen LogP contribution in [-0.2, 0) is 17.6 Å². The van der Waals surface area contributed by atoms with Crippen LogP contribution in [0, 0.1) is 0 Å². The van der Waals surface area contributed by atoms with Crippen molar-refractivity contribution in [1.82, 2.24) is 20.3 Å². The van der Waals surface area contributed by atoms with Crippen molar-refractivity contribution >= 4 is 11.9 Å². The standard InChI is InChI=1S/C20H19N5O3/c21-14(20(27)28)9-11-1-3-12(4-2-11)18-22-7-6-16(25-18)17-10-13-15(24-17)5-8-23-19(13)26/h1-4,6-7,10,14,24H,5,8-9,21H2,(H,23,26)(H,27,28). The van der Waals surface area contributed by atoms with Gasteiger partial charge in [-0.25, -0.2) is 9.97 Å². The first-order valence-electron chi connectivity index (χ1n) is 8.92. The van der Waals surface area contributed by atoms with Crippen LogP contribution in [0.15, 0.2) is 42.6 Å². The molecule has 0 saturated heterocycles. The van der Waals surface area contributed by atoms with Gasteiger partial charge < -0.3 is 21.1 Å². The minimum atomic E-state index is -1.03. The first-order valence-corrected chi connectivity index (χ1v) is 8.92. The van der Waals surface area contributed by atoms with Gasteiger partial charge >= 0.3 is 5.97 Å². The Labute approximate surface area is 160 Å². The third kappa shape index (κ3) is 3.49. The SMILES string of the molecule is NC(Cc1ccc(-c2nccc(-c3cc4c([nH]3)CCNC4=O)n2)cc1)C(=O)O. The Morgan fingerprint density at radius 3 is 2.75 bits per heavy atom. The number of aliphatic carboxylic acids is 1. The molecule has 3 aromatic rings. The average molecular weight is 377 g/mol. The fourth-order valence-electron chi connectivity index (χ4n) is 3.21. The second kappa shape index (κ2) is 7.24. The molecule has 1 unspecified atom stereocenters. The number of aromatic nitrogens is 3. The van der Waals surface area contributed by atoms with E-state index in [1.807, 2.05) is 30.3 Å². The minimum absolute atomic E-state index is 0.0758. The summed E-state index contributed by atoms with van der Waals surface area (Å²) in [6, 6.07) is 10.0. The number of carbonyl (C=O) groups is 2. The van der Waals surface area contributed by atoms with E-state index in [4.69, 9.17) is 10.8 Å². The first-order chi connectivity index (χ1) is 13.5. The number of hydrogen-bond acceptors (Lipinski definition) is 5. The van der Waals surface area contributed by atoms with Gasteiger partial charge in [-0.15, -0.1) is 0 Å². The highest BCUT2D eigenvalue weighted by Gasteiger charge is 2.20. The number of carboxylic acid groups (broad SMARTS) is 1. The Morgan fingerprint density at radius 2 is 2.04 bits per heavy atom. The van der Waals surface area contributed by atoms with E-state index in [1.165, 1.54) is 0 Å². The number of carboxylic acids is 1. The first kappa shape index (κ1) is 17.9. The molecule has 8 nitrogen and oxygen atoms in total. The van der Waals surface area contributed by atoms with Gasteiger partial charge in [0, 0.05) is 30.4 Å². The van der Waals surface area contributed by atoms with Gasteiger partial charge in [0.1, 0.15) is 6.04 Å². The van der Waals surface area contributed by atoms with Gasteiger partial charge in [0.05, 0.1) is 17.0 Å². The number of nitrogens with two attached hydrogens (primary N) is 1. The Bertz CT molecular complexity index is 1040. The van der Waals surface area contributed by atoms with Crippen LogP contribution in [0.3, 0.4) is 0 Å². The van der Waals surface area contributed by atoms with E-state index in [9.17, 15) is 9.59 Å². The maximum Gasteiger partial charge on any atom is 0.320 e. The van der Waals surface area contributed by atoms with Gasteiger partial charge in [0.25, 0.3) is 5.91 Å². The fraction of sp³-hybridized carbons (Fsp3) is 0.200. The number of H-pyrrole nitrogens is 1. The van der Waals surface area contributed by atoms with Crippen LogP contribution in [0.1, 0.15) is 21.6 Å². The van der Waals surface area contributed by atoms with Gasteiger partial charge in [-0.3, -0.25) is 9.59 Å². The molecule has 28 heavy (non-hydrogen) atoms. The number of fused-ring (bicyclic) bond motifs is 1. The molecule has 5 N–H and O–H groups in total. The average Bonchev–Trinajstić information content (AvgIpc) is 3.14. The predicted molar refractivity (Wildman–Crippen MR) is 103 cm³/mol. The summed E-state index contributed by atoms with van der Waals surface area (Å²) in [7, 11) is 0. The summed E-state index contributed by atoms with van der Waals surface area (Å²) < 4.78 is 0. The van der Waals surface area contributed by atoms with Crippen molar-refractivity contribution < 1.29 is 14.7 Å². The third-order valence-electron chi connectivity index (χ3n) is 4.72. The monoisotopic (exact) mass is 377 g/mol. The van der Waals surface area contributed by atoms with Gasteiger partial charge in [-0.1, -0.05) is 24.3 Å². The number of nitrogens with one attached hydrogen (secondary N) is 2. The molecule has 142 valence electrons. The van der Waals surface area contributed by atoms with Crippen molar-refractivity contribution in [2.24, 2.45) is 5.73 Å². The highest BCUT2D eigenvalue weighted by atomic mass is 16.4. The second-order valence-electron chi connectivity index (χ2n) is 6.69. The van der Waals surface area contributed by atoms with E-state index < -0.39 is 12.0 Å². The van der Waals surface area contributed by atoms with Crippen molar-refractivity contribution in [3.8, 4) is 22.8 Å². The largest absolute Gasteiger partial charge is 0.480 e. The molecule has 0 saturated carbocycles. The van der Waals surface area contributed by atoms with Crippen molar-refractivity contribution in [1.29, 1.82) is 0 Å². The molecule has 0 radical (unpaired) electrons. The molecule has 1 atom stereocenters. The third-order valence-corrected chi connectivity index (χ3v) is 4.72. The molecular formula is C20H19N5O3. The summed E-state index contributed by atoms with van der Waals surface area (Å²) in [6.07, 6.45) is 2.69. The molecule has 1 aromatic carbocycles. The normalized spacial score (nSPS) is 14.2. The number of aromatic amines is 1. The quantitative estimate of drug-likeness (QED) is 0.531. The molecule has 1 aliphatic heterocycles. The van der Waals surface area contributed by atoms with Crippen molar-refractivity contribution in [2.45, 2.75) is 18.9 Å². The van der Waals surface area contributed by atoms with E-state index in [0.717, 1.165) is 28.9 Å². The van der Waals surface area contributed by atoms with Crippen LogP contribution in [0.4, 0.5) is 0 Å². The fourth-order valence-corrected chi connectivity index (χ4v) is 3.21. The maximum atomic E-state index is 12.0. The summed E-state index contributed by atoms with van der Waals surface area (Å²) in [5.41, 5.74) is 10.3. The van der Waals surface area contributed by atoms with Crippen LogP contribution < -0.4 is 11.1 Å². The minimum Gasteiger partial charge on any atom is -0.480 e. The molecule has 0 spiro atoms. The molecular weight excluding hydrogens is 358 g/mol. The van der Waals surface area contributed by atoms with Gasteiger partial charge in [0.15, 0.2) is 5.82 Å². The molecule has 1 amide bonds. The van der Waals surface area contributed by atoms with E-state index in [-0.39, 0.29) is 12.3 Å². The van der Waals surface area contributed by atoms with E-state index in [2.05, 4.69) is 20.3 Å². The van der Waals surface area contributed by atoms with Gasteiger partial charge in [-0.05, 0) is 24.1 Å². The summed E-state index contributed by atoms with van der Waals surface area (Å²) in [6.45, 7) is 0.624. The van der Waals surface area contributed by atoms with Crippen LogP contribution in [-0.4, -0.2) is 44.5 Å². The number of rotatable bonds is 5. The molecule has 2 aromatic heterocycles. The number of nitrogens with zero attached hydrogens (tertiary/aromatic N) is 2. The number of benzene rings is 1. The zero-order valence-electron chi connectivity index (χ0n) is 15.0. The molecule has 0 bridgehead atoms. The van der Waals surface area contributed by atoms with Crippen LogP contribution >= 0.6 is 0 Å². The van der Waals surface area contributed by atoms with Crippen molar-refractivity contribution in [3.63, 3.8) is 0 Å². The highest BCUT2D eigenvalue weighted by molar-refractivity contribution is 5.97. The number of carbonyl (C=O) groups excluding carboxylic acids is 1. The van der Waals surface area contributed by atoms with Crippen molar-refractivity contribution in [3.05, 3.63) is 59.4 Å². The lowest BCUT2D eigenvalue weighted by atomic mass is 10.0. The Hall–Kier alpha value is -3.52. The van der Waals surface area contributed by atoms with Gasteiger partial charge in [0.2, 0.25) is 0 Å². The highest BCUT2D eigenvalue weighted by Crippen LogP contribution is 2.24. The summed E-state index contributed by atoms with van der Waals surface area (Å²) >= 11 is 0. The lowest BCUT2D eigenvalue weighted by Gasteiger charge is -2.10. The Kier molecular flexibility index (Phi) is 4.62. The van der Waals surface area contributed by atoms with E-state index in [0.29, 0.717) is 23.6 Å². The molecule has 3 heterocycles. The Morgan fingerprint density at radius 1 is 1.25 bits per heavy atom.